The Morgan fingerprint density at radius 1 is 1.11 bits per heavy atom. The van der Waals surface area contributed by atoms with Gasteiger partial charge in [0.05, 0.1) is 0 Å². The number of fused-ring (bicyclic) bond motifs is 2. The summed E-state index contributed by atoms with van der Waals surface area (Å²) in [6, 6.07) is 8.78. The van der Waals surface area contributed by atoms with Gasteiger partial charge in [0.2, 0.25) is 5.91 Å². The van der Waals surface area contributed by atoms with Crippen molar-refractivity contribution in [2.45, 2.75) is 32.5 Å². The minimum absolute atomic E-state index is 0.0298. The lowest BCUT2D eigenvalue weighted by atomic mass is 9.95. The molecule has 3 aromatic rings. The van der Waals surface area contributed by atoms with Crippen molar-refractivity contribution >= 4 is 17.4 Å². The predicted molar refractivity (Wildman–Crippen MR) is 119 cm³/mol. The second kappa shape index (κ2) is 9.23. The second-order valence-electron chi connectivity index (χ2n) is 8.54. The molecule has 0 radical (unpaired) electrons. The van der Waals surface area contributed by atoms with E-state index < -0.39 is 12.0 Å². The van der Waals surface area contributed by atoms with Crippen molar-refractivity contribution in [1.29, 1.82) is 0 Å². The molecule has 0 spiro atoms. The van der Waals surface area contributed by atoms with E-state index in [1.54, 1.807) is 6.07 Å². The summed E-state index contributed by atoms with van der Waals surface area (Å²) in [4.78, 5) is 17.0. The maximum absolute atomic E-state index is 13.3. The van der Waals surface area contributed by atoms with Gasteiger partial charge in [-0.3, -0.25) is 4.79 Å². The summed E-state index contributed by atoms with van der Waals surface area (Å²) < 4.78 is 51.7. The summed E-state index contributed by atoms with van der Waals surface area (Å²) in [6.07, 6.45) is -3.49. The Morgan fingerprint density at radius 2 is 1.89 bits per heavy atom. The number of hydrogen-bond donors (Lipinski definition) is 0. The first-order valence-electron chi connectivity index (χ1n) is 11.6. The largest absolute Gasteiger partial charge is 0.486 e. The van der Waals surface area contributed by atoms with Crippen LogP contribution in [0.1, 0.15) is 31.2 Å². The van der Waals surface area contributed by atoms with Gasteiger partial charge in [-0.1, -0.05) is 12.1 Å². The quantitative estimate of drug-likeness (QED) is 0.543. The van der Waals surface area contributed by atoms with Crippen LogP contribution in [-0.2, 0) is 17.5 Å². The molecule has 2 aliphatic rings. The minimum Gasteiger partial charge on any atom is -0.486 e. The molecule has 0 atom stereocenters. The van der Waals surface area contributed by atoms with Gasteiger partial charge in [-0.15, -0.1) is 15.3 Å². The molecule has 1 aromatic carbocycles. The van der Waals surface area contributed by atoms with Crippen LogP contribution >= 0.6 is 0 Å². The first-order valence-corrected chi connectivity index (χ1v) is 11.6. The molecular formula is C23H25F3N6O3. The highest BCUT2D eigenvalue weighted by atomic mass is 19.4. The molecule has 0 unspecified atom stereocenters. The van der Waals surface area contributed by atoms with Crippen LogP contribution in [0.25, 0.3) is 5.65 Å². The molecular weight excluding hydrogens is 465 g/mol. The third-order valence-electron chi connectivity index (χ3n) is 6.37. The number of amides is 1. The van der Waals surface area contributed by atoms with Crippen molar-refractivity contribution in [3.8, 4) is 11.5 Å². The fourth-order valence-electron chi connectivity index (χ4n) is 4.55. The maximum Gasteiger partial charge on any atom is 0.453 e. The average molecular weight is 490 g/mol. The Balaban J connectivity index is 1.25. The van der Waals surface area contributed by atoms with Gasteiger partial charge in [-0.05, 0) is 38.0 Å². The number of para-hydroxylation sites is 1. The van der Waals surface area contributed by atoms with Gasteiger partial charge >= 0.3 is 6.18 Å². The summed E-state index contributed by atoms with van der Waals surface area (Å²) in [5.41, 5.74) is 0.934. The minimum atomic E-state index is -4.65. The van der Waals surface area contributed by atoms with Crippen LogP contribution in [-0.4, -0.2) is 63.5 Å². The molecule has 35 heavy (non-hydrogen) atoms. The first-order chi connectivity index (χ1) is 16.8. The molecule has 0 N–H and O–H groups in total. The maximum atomic E-state index is 13.3. The average Bonchev–Trinajstić information content (AvgIpc) is 3.31. The number of piperidine rings is 1. The summed E-state index contributed by atoms with van der Waals surface area (Å²) >= 11 is 0. The Morgan fingerprint density at radius 3 is 2.63 bits per heavy atom. The van der Waals surface area contributed by atoms with Crippen molar-refractivity contribution in [2.24, 2.45) is 5.92 Å². The lowest BCUT2D eigenvalue weighted by molar-refractivity contribution is -0.146. The van der Waals surface area contributed by atoms with Gasteiger partial charge in [0, 0.05) is 37.7 Å². The molecule has 0 saturated carbocycles. The third kappa shape index (κ3) is 4.56. The number of benzene rings is 1. The van der Waals surface area contributed by atoms with Crippen LogP contribution in [0.15, 0.2) is 30.3 Å². The fourth-order valence-corrected chi connectivity index (χ4v) is 4.55. The van der Waals surface area contributed by atoms with Crippen molar-refractivity contribution in [1.82, 2.24) is 24.7 Å². The number of ether oxygens (including phenoxy) is 2. The molecule has 12 heteroatoms. The van der Waals surface area contributed by atoms with Crippen molar-refractivity contribution < 1.29 is 27.4 Å². The normalized spacial score (nSPS) is 16.5. The van der Waals surface area contributed by atoms with E-state index in [0.717, 1.165) is 10.1 Å². The standard InChI is InChI=1S/C23H25F3N6O3/c1-2-30(14-16-4-3-5-17-20(16)35-13-12-34-17)21(33)15-8-10-31(11-9-15)19-7-6-18-27-28-22(23(24,25)26)32(18)29-19/h3-7,15H,2,8-14H2,1H3. The Hall–Kier alpha value is -3.57. The number of aromatic nitrogens is 4. The van der Waals surface area contributed by atoms with Crippen molar-refractivity contribution in [2.75, 3.05) is 37.7 Å². The SMILES string of the molecule is CCN(Cc1cccc2c1OCCO2)C(=O)C1CCN(c2ccc3nnc(C(F)(F)F)n3n2)CC1. The summed E-state index contributed by atoms with van der Waals surface area (Å²) in [6.45, 7) is 4.91. The topological polar surface area (TPSA) is 85.1 Å². The number of anilines is 1. The zero-order valence-electron chi connectivity index (χ0n) is 19.2. The Labute approximate surface area is 199 Å². The molecule has 186 valence electrons. The van der Waals surface area contributed by atoms with Gasteiger partial charge in [0.15, 0.2) is 17.1 Å². The molecule has 4 heterocycles. The number of halogens is 3. The Bertz CT molecular complexity index is 1220. The number of alkyl halides is 3. The van der Waals surface area contributed by atoms with Gasteiger partial charge in [0.25, 0.3) is 5.82 Å². The fraction of sp³-hybridized carbons (Fsp3) is 0.478. The number of carbonyl (C=O) groups excluding carboxylic acids is 1. The number of carbonyl (C=O) groups is 1. The summed E-state index contributed by atoms with van der Waals surface area (Å²) in [5.74, 6) is 0.505. The smallest absolute Gasteiger partial charge is 0.453 e. The summed E-state index contributed by atoms with van der Waals surface area (Å²) in [7, 11) is 0. The highest BCUT2D eigenvalue weighted by Crippen LogP contribution is 2.35. The van der Waals surface area contributed by atoms with Gasteiger partial charge in [-0.2, -0.15) is 17.7 Å². The molecule has 1 amide bonds. The van der Waals surface area contributed by atoms with E-state index in [1.165, 1.54) is 6.07 Å². The third-order valence-corrected chi connectivity index (χ3v) is 6.37. The highest BCUT2D eigenvalue weighted by molar-refractivity contribution is 5.79. The first kappa shape index (κ1) is 23.2. The van der Waals surface area contributed by atoms with E-state index in [-0.39, 0.29) is 17.5 Å². The van der Waals surface area contributed by atoms with Crippen LogP contribution < -0.4 is 14.4 Å². The van der Waals surface area contributed by atoms with Gasteiger partial charge in [0.1, 0.15) is 19.0 Å². The summed E-state index contributed by atoms with van der Waals surface area (Å²) in [5, 5.41) is 10.9. The van der Waals surface area contributed by atoms with Crippen LogP contribution in [0.4, 0.5) is 19.0 Å². The lowest BCUT2D eigenvalue weighted by Gasteiger charge is -2.34. The lowest BCUT2D eigenvalue weighted by Crippen LogP contribution is -2.42. The molecule has 2 aromatic heterocycles. The van der Waals surface area contributed by atoms with Crippen LogP contribution in [0.5, 0.6) is 11.5 Å². The van der Waals surface area contributed by atoms with E-state index >= 15 is 0 Å². The van der Waals surface area contributed by atoms with Crippen molar-refractivity contribution in [3.05, 3.63) is 41.7 Å². The molecule has 0 bridgehead atoms. The molecule has 1 saturated heterocycles. The zero-order chi connectivity index (χ0) is 24.6. The van der Waals surface area contributed by atoms with Gasteiger partial charge in [-0.25, -0.2) is 0 Å². The van der Waals surface area contributed by atoms with Crippen LogP contribution in [0.3, 0.4) is 0 Å². The highest BCUT2D eigenvalue weighted by Gasteiger charge is 2.38. The second-order valence-corrected chi connectivity index (χ2v) is 8.54. The number of nitrogens with zero attached hydrogens (tertiary/aromatic N) is 6. The molecule has 2 aliphatic heterocycles. The molecule has 1 fully saturated rings. The predicted octanol–water partition coefficient (Wildman–Crippen LogP) is 3.18. The number of rotatable bonds is 5. The molecule has 9 nitrogen and oxygen atoms in total. The zero-order valence-corrected chi connectivity index (χ0v) is 19.2. The van der Waals surface area contributed by atoms with Gasteiger partial charge < -0.3 is 19.3 Å². The van der Waals surface area contributed by atoms with Crippen LogP contribution in [0.2, 0.25) is 0 Å². The monoisotopic (exact) mass is 490 g/mol. The van der Waals surface area contributed by atoms with E-state index in [1.807, 2.05) is 34.9 Å². The van der Waals surface area contributed by atoms with Crippen molar-refractivity contribution in [3.63, 3.8) is 0 Å². The van der Waals surface area contributed by atoms with E-state index in [4.69, 9.17) is 9.47 Å². The molecule has 0 aliphatic carbocycles. The van der Waals surface area contributed by atoms with E-state index in [0.29, 0.717) is 69.6 Å². The van der Waals surface area contributed by atoms with Crippen LogP contribution in [0, 0.1) is 5.92 Å². The van der Waals surface area contributed by atoms with E-state index in [2.05, 4.69) is 15.3 Å². The number of hydrogen-bond acceptors (Lipinski definition) is 7. The molecule has 5 rings (SSSR count). The Kier molecular flexibility index (Phi) is 6.12. The van der Waals surface area contributed by atoms with E-state index in [9.17, 15) is 18.0 Å².